The first kappa shape index (κ1) is 68.8. The highest BCUT2D eigenvalue weighted by atomic mass is 32.1. The quantitative estimate of drug-likeness (QED) is 0.0137. The number of carboxylic acids is 1. The summed E-state index contributed by atoms with van der Waals surface area (Å²) in [5.74, 6) is -7.08. The van der Waals surface area contributed by atoms with Gasteiger partial charge < -0.3 is 92.9 Å². The van der Waals surface area contributed by atoms with Crippen LogP contribution in [0.3, 0.4) is 0 Å². The number of carbonyl (C=O) groups excluding carboxylic acids is 7. The standard InChI is InChI=1S/C52H84N18O10S/c1-29(2)23-38(69-47(78)40(26-31-11-6-5-7-12-31)65-42(73)28-63-41(72)27-64-43(74)34(53)25-32-16-18-33(71)19-17-32)45(76)66-36(14-9-21-61-51(56)57)48(81)70-35(13-8-20-60-50(54)55)44(75)68-39(24-30(3)4)46(77)67-37(49(79)80)15-10-22-62-52(58)59/h5-7,11-12,16-19,29-30,34-40,71H,8-10,13-15,20-28,53H2,1-4H3,(H,63,72)(H,64,74)(H,65,73)(H,66,76)(H,67,77)(H,68,75)(H,69,78)(H,70,81)(H,79,80)(H4,54,55,60)(H4,56,57,61)(H4,58,59,62)/t34-,35-,36-,37-,38-,39+,40-/m0/s1. The zero-order valence-electron chi connectivity index (χ0n) is 46.5. The van der Waals surface area contributed by atoms with Crippen molar-refractivity contribution < 1.29 is 48.6 Å². The van der Waals surface area contributed by atoms with Crippen molar-refractivity contribution in [1.82, 2.24) is 42.5 Å². The lowest BCUT2D eigenvalue weighted by Gasteiger charge is -2.29. The average molecular weight is 1150 g/mol. The molecule has 28 nitrogen and oxygen atoms in total. The van der Waals surface area contributed by atoms with Gasteiger partial charge in [-0.15, -0.1) is 0 Å². The van der Waals surface area contributed by atoms with Gasteiger partial charge in [0, 0.05) is 26.1 Å². The van der Waals surface area contributed by atoms with E-state index in [-0.39, 0.29) is 124 Å². The first-order valence-electron chi connectivity index (χ1n) is 26.6. The van der Waals surface area contributed by atoms with E-state index in [4.69, 9.17) is 52.4 Å². The lowest BCUT2D eigenvalue weighted by molar-refractivity contribution is -0.142. The zero-order valence-corrected chi connectivity index (χ0v) is 47.3. The summed E-state index contributed by atoms with van der Waals surface area (Å²) in [7, 11) is 0. The third-order valence-corrected chi connectivity index (χ3v) is 12.3. The fourth-order valence-electron chi connectivity index (χ4n) is 7.90. The molecule has 0 aromatic heterocycles. The van der Waals surface area contributed by atoms with Crippen molar-refractivity contribution >= 4 is 82.4 Å². The Morgan fingerprint density at radius 1 is 0.494 bits per heavy atom. The van der Waals surface area contributed by atoms with Crippen LogP contribution in [0.2, 0.25) is 0 Å². The first-order chi connectivity index (χ1) is 38.2. The first-order valence-corrected chi connectivity index (χ1v) is 27.0. The van der Waals surface area contributed by atoms with Gasteiger partial charge in [-0.1, -0.05) is 82.4 Å². The van der Waals surface area contributed by atoms with Crippen LogP contribution in [0.4, 0.5) is 0 Å². The average Bonchev–Trinajstić information content (AvgIpc) is 3.41. The summed E-state index contributed by atoms with van der Waals surface area (Å²) < 4.78 is 0. The molecule has 0 aliphatic heterocycles. The molecular weight excluding hydrogens is 1070 g/mol. The van der Waals surface area contributed by atoms with E-state index in [1.165, 1.54) is 12.1 Å². The number of thiocarbonyl (C=S) groups is 1. The van der Waals surface area contributed by atoms with Crippen molar-refractivity contribution in [3.8, 4) is 5.75 Å². The van der Waals surface area contributed by atoms with Crippen molar-refractivity contribution in [2.45, 2.75) is 134 Å². The summed E-state index contributed by atoms with van der Waals surface area (Å²) in [6.07, 6.45) is 1.22. The molecule has 0 aliphatic rings. The third kappa shape index (κ3) is 29.5. The van der Waals surface area contributed by atoms with Gasteiger partial charge in [0.2, 0.25) is 41.4 Å². The summed E-state index contributed by atoms with van der Waals surface area (Å²) in [6.45, 7) is 6.56. The molecule has 7 atom stereocenters. The second kappa shape index (κ2) is 36.8. The molecule has 81 heavy (non-hydrogen) atoms. The maximum Gasteiger partial charge on any atom is 0.326 e. The van der Waals surface area contributed by atoms with Crippen LogP contribution < -0.4 is 82.7 Å². The summed E-state index contributed by atoms with van der Waals surface area (Å²) in [4.78, 5) is 120. The SMILES string of the molecule is CC(C)C[C@H](NC(=O)[C@H](Cc1ccccc1)NC(=O)CNC(=O)CNC(=O)[C@@H](N)Cc1ccc(O)cc1)C(=O)N[C@@H](CCCN=C(N)N)C(=S)N[C@@H](CCCN=C(N)N)C(=O)N[C@H](CC(C)C)C(=O)N[C@@H](CCCN=C(N)N)C(=O)O. The van der Waals surface area contributed by atoms with Crippen LogP contribution in [0, 0.1) is 11.8 Å². The molecule has 448 valence electrons. The predicted molar refractivity (Wildman–Crippen MR) is 311 cm³/mol. The molecule has 0 radical (unpaired) electrons. The molecule has 0 bridgehead atoms. The third-order valence-electron chi connectivity index (χ3n) is 11.9. The highest BCUT2D eigenvalue weighted by molar-refractivity contribution is 7.80. The number of carboxylic acid groups (broad SMARTS) is 1. The fourth-order valence-corrected chi connectivity index (χ4v) is 8.22. The molecule has 7 amide bonds. The lowest BCUT2D eigenvalue weighted by Crippen LogP contribution is -2.59. The van der Waals surface area contributed by atoms with Crippen molar-refractivity contribution in [3.63, 3.8) is 0 Å². The van der Waals surface area contributed by atoms with Crippen molar-refractivity contribution in [2.24, 2.45) is 66.9 Å². The van der Waals surface area contributed by atoms with Crippen molar-refractivity contribution in [3.05, 3.63) is 65.7 Å². The number of phenols is 1. The van der Waals surface area contributed by atoms with Gasteiger partial charge in [0.05, 0.1) is 30.2 Å². The van der Waals surface area contributed by atoms with Gasteiger partial charge in [-0.3, -0.25) is 48.5 Å². The number of rotatable bonds is 37. The van der Waals surface area contributed by atoms with E-state index >= 15 is 0 Å². The van der Waals surface area contributed by atoms with Crippen LogP contribution in [0.5, 0.6) is 5.75 Å². The van der Waals surface area contributed by atoms with Crippen molar-refractivity contribution in [2.75, 3.05) is 32.7 Å². The smallest absolute Gasteiger partial charge is 0.326 e. The Kier molecular flexibility index (Phi) is 31.2. The molecule has 0 heterocycles. The number of aromatic hydroxyl groups is 1. The molecular formula is C52H84N18O10S. The number of nitrogens with two attached hydrogens (primary N) is 7. The van der Waals surface area contributed by atoms with Crippen LogP contribution in [0.1, 0.15) is 90.2 Å². The zero-order chi connectivity index (χ0) is 60.6. The lowest BCUT2D eigenvalue weighted by atomic mass is 10.00. The minimum Gasteiger partial charge on any atom is -0.508 e. The Morgan fingerprint density at radius 2 is 0.914 bits per heavy atom. The van der Waals surface area contributed by atoms with E-state index in [1.54, 1.807) is 42.5 Å². The molecule has 29 heteroatoms. The van der Waals surface area contributed by atoms with Gasteiger partial charge in [-0.2, -0.15) is 0 Å². The van der Waals surface area contributed by atoms with E-state index in [0.29, 0.717) is 11.1 Å². The van der Waals surface area contributed by atoms with Gasteiger partial charge in [0.15, 0.2) is 17.9 Å². The van der Waals surface area contributed by atoms with Gasteiger partial charge in [-0.05, 0) is 92.9 Å². The van der Waals surface area contributed by atoms with E-state index in [2.05, 4.69) is 57.5 Å². The Hall–Kier alpha value is -8.34. The molecule has 0 unspecified atom stereocenters. The Labute approximate surface area is 477 Å². The van der Waals surface area contributed by atoms with E-state index in [1.807, 2.05) is 27.7 Å². The van der Waals surface area contributed by atoms with Gasteiger partial charge >= 0.3 is 5.97 Å². The number of amides is 7. The molecule has 0 fully saturated rings. The van der Waals surface area contributed by atoms with E-state index in [9.17, 15) is 48.6 Å². The van der Waals surface area contributed by atoms with Crippen LogP contribution >= 0.6 is 12.2 Å². The Bertz CT molecular complexity index is 2470. The highest BCUT2D eigenvalue weighted by Gasteiger charge is 2.33. The minimum atomic E-state index is -1.33. The molecule has 2 aromatic carbocycles. The number of carbonyl (C=O) groups is 8. The van der Waals surface area contributed by atoms with Gasteiger partial charge in [0.25, 0.3) is 0 Å². The Morgan fingerprint density at radius 3 is 1.40 bits per heavy atom. The monoisotopic (exact) mass is 1150 g/mol. The number of hydrogen-bond acceptors (Lipinski definition) is 14. The molecule has 2 aromatic rings. The maximum atomic E-state index is 14.5. The summed E-state index contributed by atoms with van der Waals surface area (Å²) in [6, 6.07) is 6.66. The number of hydrogen-bond donors (Lipinski definition) is 17. The second-order valence-corrected chi connectivity index (χ2v) is 20.5. The number of aliphatic imine (C=N–C) groups is 3. The number of guanidine groups is 3. The Balaban J connectivity index is 2.38. The molecule has 24 N–H and O–H groups in total. The molecule has 0 saturated heterocycles. The number of phenolic OH excluding ortho intramolecular Hbond substituents is 1. The largest absolute Gasteiger partial charge is 0.508 e. The molecule has 0 spiro atoms. The second-order valence-electron chi connectivity index (χ2n) is 20.0. The molecule has 0 aliphatic carbocycles. The van der Waals surface area contributed by atoms with E-state index < -0.39 is 103 Å². The fraction of sp³-hybridized carbons (Fsp3) is 0.538. The number of nitrogens with one attached hydrogen (secondary N) is 8. The maximum absolute atomic E-state index is 14.5. The summed E-state index contributed by atoms with van der Waals surface area (Å²) >= 11 is 5.91. The van der Waals surface area contributed by atoms with Gasteiger partial charge in [-0.25, -0.2) is 4.79 Å². The molecule has 0 saturated carbocycles. The summed E-state index contributed by atoms with van der Waals surface area (Å²) in [5.41, 5.74) is 40.4. The van der Waals surface area contributed by atoms with Gasteiger partial charge in [0.1, 0.15) is 36.0 Å². The number of aliphatic carboxylic acids is 1. The topological polar surface area (TPSA) is 492 Å². The highest BCUT2D eigenvalue weighted by Crippen LogP contribution is 2.14. The number of nitrogens with zero attached hydrogens (tertiary/aromatic N) is 3. The normalized spacial score (nSPS) is 13.5. The molecule has 2 rings (SSSR count). The summed E-state index contributed by atoms with van der Waals surface area (Å²) in [5, 5.41) is 40.9. The van der Waals surface area contributed by atoms with Crippen LogP contribution in [0.15, 0.2) is 69.6 Å². The van der Waals surface area contributed by atoms with Crippen molar-refractivity contribution in [1.29, 1.82) is 0 Å². The van der Waals surface area contributed by atoms with Crippen LogP contribution in [-0.2, 0) is 51.2 Å². The van der Waals surface area contributed by atoms with E-state index in [0.717, 1.165) is 0 Å². The van der Waals surface area contributed by atoms with Crippen LogP contribution in [-0.4, -0.2) is 155 Å². The number of benzene rings is 2. The minimum absolute atomic E-state index is 0.0133. The predicted octanol–water partition coefficient (Wildman–Crippen LogP) is -3.22. The van der Waals surface area contributed by atoms with Crippen LogP contribution in [0.25, 0.3) is 0 Å².